The van der Waals surface area contributed by atoms with Gasteiger partial charge >= 0.3 is 0 Å². The second-order valence-corrected chi connectivity index (χ2v) is 7.39. The second-order valence-electron chi connectivity index (χ2n) is 7.39. The number of fused-ring (bicyclic) bond motifs is 1. The highest BCUT2D eigenvalue weighted by molar-refractivity contribution is 6.04. The third-order valence-corrected chi connectivity index (χ3v) is 5.26. The molecular formula is C20H21N5O. The molecule has 1 saturated heterocycles. The van der Waals surface area contributed by atoms with Crippen molar-refractivity contribution in [1.82, 2.24) is 19.9 Å². The molecule has 2 aliphatic rings. The number of rotatable bonds is 2. The van der Waals surface area contributed by atoms with Crippen LogP contribution in [0.2, 0.25) is 0 Å². The molecule has 26 heavy (non-hydrogen) atoms. The van der Waals surface area contributed by atoms with Crippen molar-refractivity contribution in [2.45, 2.75) is 34.1 Å². The van der Waals surface area contributed by atoms with Gasteiger partial charge in [-0.1, -0.05) is 19.9 Å². The maximum absolute atomic E-state index is 13.1. The summed E-state index contributed by atoms with van der Waals surface area (Å²) in [5, 5.41) is 0. The average molecular weight is 347 g/mol. The summed E-state index contributed by atoms with van der Waals surface area (Å²) in [4.78, 5) is 32.0. The lowest BCUT2D eigenvalue weighted by atomic mass is 9.75. The Bertz CT molecular complexity index is 926. The van der Waals surface area contributed by atoms with Crippen LogP contribution < -0.4 is 4.90 Å². The molecule has 2 aromatic heterocycles. The highest BCUT2D eigenvalue weighted by atomic mass is 16.2. The molecule has 1 amide bonds. The Morgan fingerprint density at radius 1 is 1.00 bits per heavy atom. The van der Waals surface area contributed by atoms with Gasteiger partial charge in [0.1, 0.15) is 11.6 Å². The molecule has 1 aliphatic heterocycles. The number of aromatic nitrogens is 4. The predicted octanol–water partition coefficient (Wildman–Crippen LogP) is 3.24. The quantitative estimate of drug-likeness (QED) is 0.834. The Morgan fingerprint density at radius 2 is 1.58 bits per heavy atom. The van der Waals surface area contributed by atoms with E-state index in [0.717, 1.165) is 29.1 Å². The van der Waals surface area contributed by atoms with Crippen LogP contribution in [0.3, 0.4) is 0 Å². The van der Waals surface area contributed by atoms with Gasteiger partial charge in [0, 0.05) is 29.6 Å². The van der Waals surface area contributed by atoms with Gasteiger partial charge in [0.05, 0.1) is 23.5 Å². The monoisotopic (exact) mass is 347 g/mol. The Morgan fingerprint density at radius 3 is 2.19 bits per heavy atom. The summed E-state index contributed by atoms with van der Waals surface area (Å²) in [5.74, 6) is 1.64. The fourth-order valence-electron chi connectivity index (χ4n) is 3.63. The molecule has 0 bridgehead atoms. The predicted molar refractivity (Wildman–Crippen MR) is 99.0 cm³/mol. The number of nitrogens with zero attached hydrogens (tertiary/aromatic N) is 5. The normalized spacial score (nSPS) is 21.3. The summed E-state index contributed by atoms with van der Waals surface area (Å²) in [7, 11) is 0. The number of carbonyl (C=O) groups excluding carboxylic acids is 1. The Balaban J connectivity index is 1.79. The van der Waals surface area contributed by atoms with Gasteiger partial charge in [0.15, 0.2) is 0 Å². The molecule has 1 unspecified atom stereocenters. The van der Waals surface area contributed by atoms with Gasteiger partial charge in [-0.25, -0.2) is 19.9 Å². The summed E-state index contributed by atoms with van der Waals surface area (Å²) >= 11 is 0. The molecule has 0 radical (unpaired) electrons. The lowest BCUT2D eigenvalue weighted by molar-refractivity contribution is -0.125. The van der Waals surface area contributed by atoms with E-state index < -0.39 is 5.41 Å². The summed E-state index contributed by atoms with van der Waals surface area (Å²) in [6.07, 6.45) is 12.1. The van der Waals surface area contributed by atoms with E-state index in [0.29, 0.717) is 11.5 Å². The summed E-state index contributed by atoms with van der Waals surface area (Å²) < 4.78 is 0. The van der Waals surface area contributed by atoms with E-state index in [9.17, 15) is 4.79 Å². The largest absolute Gasteiger partial charge is 0.281 e. The zero-order valence-corrected chi connectivity index (χ0v) is 15.4. The zero-order valence-electron chi connectivity index (χ0n) is 15.4. The number of amides is 1. The minimum atomic E-state index is -0.470. The van der Waals surface area contributed by atoms with Crippen molar-refractivity contribution in [3.8, 4) is 0 Å². The minimum Gasteiger partial charge on any atom is -0.281 e. The molecule has 0 saturated carbocycles. The fraction of sp³-hybridized carbons (Fsp3) is 0.350. The molecule has 0 N–H and O–H groups in total. The first-order valence-corrected chi connectivity index (χ1v) is 8.72. The standard InChI is InChI=1S/C20H21N5O/c1-12-21-8-15(9-22-12)14-5-6-17-18(7-14)25(19(26)20(17,3)4)16-10-23-13(2)24-11-16/h5,7-11,17H,6H2,1-4H3. The van der Waals surface area contributed by atoms with E-state index in [4.69, 9.17) is 0 Å². The third-order valence-electron chi connectivity index (χ3n) is 5.26. The van der Waals surface area contributed by atoms with Gasteiger partial charge in [0.2, 0.25) is 5.91 Å². The second kappa shape index (κ2) is 5.83. The maximum atomic E-state index is 13.1. The molecule has 1 aliphatic carbocycles. The van der Waals surface area contributed by atoms with Gasteiger partial charge in [-0.05, 0) is 31.9 Å². The molecule has 0 spiro atoms. The van der Waals surface area contributed by atoms with Crippen LogP contribution in [0.25, 0.3) is 5.57 Å². The van der Waals surface area contributed by atoms with Crippen LogP contribution in [0, 0.1) is 25.2 Å². The number of carbonyl (C=O) groups is 1. The summed E-state index contributed by atoms with van der Waals surface area (Å²) in [6.45, 7) is 7.72. The molecule has 3 heterocycles. The third kappa shape index (κ3) is 2.53. The van der Waals surface area contributed by atoms with Crippen molar-refractivity contribution in [1.29, 1.82) is 0 Å². The average Bonchev–Trinajstić information content (AvgIpc) is 2.83. The van der Waals surface area contributed by atoms with Crippen molar-refractivity contribution in [2.75, 3.05) is 4.90 Å². The van der Waals surface area contributed by atoms with Crippen LogP contribution in [0.1, 0.15) is 37.5 Å². The van der Waals surface area contributed by atoms with Gasteiger partial charge in [-0.3, -0.25) is 9.69 Å². The fourth-order valence-corrected chi connectivity index (χ4v) is 3.63. The van der Waals surface area contributed by atoms with Crippen molar-refractivity contribution < 1.29 is 4.79 Å². The zero-order chi connectivity index (χ0) is 18.5. The maximum Gasteiger partial charge on any atom is 0.237 e. The molecule has 6 nitrogen and oxygen atoms in total. The Hall–Kier alpha value is -2.89. The van der Waals surface area contributed by atoms with Crippen LogP contribution >= 0.6 is 0 Å². The van der Waals surface area contributed by atoms with Gasteiger partial charge < -0.3 is 0 Å². The van der Waals surface area contributed by atoms with Crippen LogP contribution in [-0.2, 0) is 4.79 Å². The van der Waals surface area contributed by atoms with E-state index in [-0.39, 0.29) is 11.8 Å². The van der Waals surface area contributed by atoms with Crippen molar-refractivity contribution >= 4 is 17.2 Å². The van der Waals surface area contributed by atoms with Crippen LogP contribution in [-0.4, -0.2) is 25.8 Å². The Labute approximate surface area is 152 Å². The first-order chi connectivity index (χ1) is 12.4. The van der Waals surface area contributed by atoms with Crippen LogP contribution in [0.15, 0.2) is 42.6 Å². The first-order valence-electron chi connectivity index (χ1n) is 8.72. The molecule has 1 fully saturated rings. The van der Waals surface area contributed by atoms with E-state index in [1.54, 1.807) is 17.3 Å². The van der Waals surface area contributed by atoms with Crippen LogP contribution in [0.5, 0.6) is 0 Å². The van der Waals surface area contributed by atoms with Gasteiger partial charge in [0.25, 0.3) is 0 Å². The molecule has 0 aromatic carbocycles. The number of aryl methyl sites for hydroxylation is 2. The number of hydrogen-bond donors (Lipinski definition) is 0. The van der Waals surface area contributed by atoms with Crippen molar-refractivity contribution in [3.63, 3.8) is 0 Å². The van der Waals surface area contributed by atoms with Crippen molar-refractivity contribution in [3.05, 3.63) is 59.8 Å². The smallest absolute Gasteiger partial charge is 0.237 e. The van der Waals surface area contributed by atoms with E-state index in [1.807, 2.05) is 40.1 Å². The number of anilines is 1. The van der Waals surface area contributed by atoms with Crippen molar-refractivity contribution in [2.24, 2.45) is 11.3 Å². The van der Waals surface area contributed by atoms with E-state index in [2.05, 4.69) is 32.1 Å². The van der Waals surface area contributed by atoms with Crippen LogP contribution in [0.4, 0.5) is 5.69 Å². The minimum absolute atomic E-state index is 0.0796. The lowest BCUT2D eigenvalue weighted by Gasteiger charge is -2.26. The number of hydrogen-bond acceptors (Lipinski definition) is 5. The molecular weight excluding hydrogens is 326 g/mol. The SMILES string of the molecule is Cc1ncc(C2=CCC3C(=C2)N(c2cnc(C)nc2)C(=O)C3(C)C)cn1. The van der Waals surface area contributed by atoms with Gasteiger partial charge in [-0.2, -0.15) is 0 Å². The van der Waals surface area contributed by atoms with E-state index in [1.165, 1.54) is 0 Å². The first kappa shape index (κ1) is 16.6. The lowest BCUT2D eigenvalue weighted by Crippen LogP contribution is -2.31. The highest BCUT2D eigenvalue weighted by Crippen LogP contribution is 2.50. The van der Waals surface area contributed by atoms with E-state index >= 15 is 0 Å². The highest BCUT2D eigenvalue weighted by Gasteiger charge is 2.51. The number of allylic oxidation sites excluding steroid dienone is 4. The summed E-state index contributed by atoms with van der Waals surface area (Å²) in [6, 6.07) is 0. The molecule has 6 heteroatoms. The topological polar surface area (TPSA) is 71.9 Å². The molecule has 2 aromatic rings. The molecule has 4 rings (SSSR count). The molecule has 132 valence electrons. The Kier molecular flexibility index (Phi) is 3.72. The summed E-state index contributed by atoms with van der Waals surface area (Å²) in [5.41, 5.74) is 3.23. The van der Waals surface area contributed by atoms with Gasteiger partial charge in [-0.15, -0.1) is 0 Å². The molecule has 1 atom stereocenters.